The minimum absolute atomic E-state index is 0.0591. The lowest BCUT2D eigenvalue weighted by Gasteiger charge is -2.21. The first-order chi connectivity index (χ1) is 14.4. The Balaban J connectivity index is 1.95. The summed E-state index contributed by atoms with van der Waals surface area (Å²) < 4.78 is 40.6. The zero-order valence-corrected chi connectivity index (χ0v) is 18.5. The first kappa shape index (κ1) is 21.9. The average Bonchev–Trinajstić information content (AvgIpc) is 3.15. The van der Waals surface area contributed by atoms with Crippen molar-refractivity contribution in [2.45, 2.75) is 38.5 Å². The molecule has 3 aromatic rings. The van der Waals surface area contributed by atoms with Crippen LogP contribution in [0.2, 0.25) is 0 Å². The molecular formula is C22H27N3O4S. The molecule has 0 unspecified atom stereocenters. The van der Waals surface area contributed by atoms with Gasteiger partial charge in [0.15, 0.2) is 5.03 Å². The number of aryl methyl sites for hydroxylation is 2. The van der Waals surface area contributed by atoms with Gasteiger partial charge < -0.3 is 14.0 Å². The fourth-order valence-electron chi connectivity index (χ4n) is 3.15. The number of imidazole rings is 1. The molecule has 1 aromatic heterocycles. The van der Waals surface area contributed by atoms with E-state index >= 15 is 0 Å². The molecule has 2 aromatic carbocycles. The first-order valence-electron chi connectivity index (χ1n) is 9.67. The second kappa shape index (κ2) is 9.32. The van der Waals surface area contributed by atoms with Crippen molar-refractivity contribution in [1.29, 1.82) is 0 Å². The summed E-state index contributed by atoms with van der Waals surface area (Å²) >= 11 is 0. The van der Waals surface area contributed by atoms with Crippen LogP contribution < -0.4 is 9.47 Å². The highest BCUT2D eigenvalue weighted by molar-refractivity contribution is 7.89. The van der Waals surface area contributed by atoms with Gasteiger partial charge in [0, 0.05) is 25.8 Å². The van der Waals surface area contributed by atoms with Crippen LogP contribution in [0.4, 0.5) is 0 Å². The van der Waals surface area contributed by atoms with Gasteiger partial charge in [-0.25, -0.2) is 13.4 Å². The van der Waals surface area contributed by atoms with Crippen molar-refractivity contribution in [2.24, 2.45) is 0 Å². The highest BCUT2D eigenvalue weighted by atomic mass is 32.2. The summed E-state index contributed by atoms with van der Waals surface area (Å²) in [6, 6.07) is 14.8. The van der Waals surface area contributed by atoms with Gasteiger partial charge in [-0.3, -0.25) is 0 Å². The molecule has 0 amide bonds. The second-order valence-corrected chi connectivity index (χ2v) is 8.77. The molecule has 30 heavy (non-hydrogen) atoms. The van der Waals surface area contributed by atoms with Crippen molar-refractivity contribution in [3.63, 3.8) is 0 Å². The highest BCUT2D eigenvalue weighted by Gasteiger charge is 2.28. The summed E-state index contributed by atoms with van der Waals surface area (Å²) in [4.78, 5) is 4.31. The summed E-state index contributed by atoms with van der Waals surface area (Å²) in [5.74, 6) is 2.12. The van der Waals surface area contributed by atoms with E-state index in [0.717, 1.165) is 22.6 Å². The van der Waals surface area contributed by atoms with Crippen LogP contribution in [-0.2, 0) is 29.7 Å². The van der Waals surface area contributed by atoms with Crippen molar-refractivity contribution in [3.8, 4) is 11.5 Å². The monoisotopic (exact) mass is 429 g/mol. The van der Waals surface area contributed by atoms with Crippen molar-refractivity contribution < 1.29 is 17.9 Å². The van der Waals surface area contributed by atoms with Gasteiger partial charge in [-0.2, -0.15) is 4.31 Å². The Kier molecular flexibility index (Phi) is 6.79. The summed E-state index contributed by atoms with van der Waals surface area (Å²) in [6.45, 7) is 4.86. The Morgan fingerprint density at radius 3 is 1.73 bits per heavy atom. The molecule has 7 nitrogen and oxygen atoms in total. The quantitative estimate of drug-likeness (QED) is 0.519. The van der Waals surface area contributed by atoms with Gasteiger partial charge in [0.2, 0.25) is 0 Å². The lowest BCUT2D eigenvalue weighted by molar-refractivity contribution is 0.396. The summed E-state index contributed by atoms with van der Waals surface area (Å²) in [7, 11) is -0.604. The lowest BCUT2D eigenvalue weighted by Crippen LogP contribution is -2.30. The molecule has 0 atom stereocenters. The van der Waals surface area contributed by atoms with Gasteiger partial charge in [0.25, 0.3) is 10.0 Å². The van der Waals surface area contributed by atoms with Crippen LogP contribution in [0.5, 0.6) is 11.5 Å². The molecule has 0 N–H and O–H groups in total. The molecule has 3 rings (SSSR count). The van der Waals surface area contributed by atoms with Crippen LogP contribution in [0, 0.1) is 6.92 Å². The Hall–Kier alpha value is -2.84. The standard InChI is InChI=1S/C22H27N3O4S/c1-5-24-16-22(23-17(24)2)30(26,27)25(14-18-6-10-20(28-3)11-7-18)15-19-8-12-21(29-4)13-9-19/h6-13,16H,5,14-15H2,1-4H3. The van der Waals surface area contributed by atoms with Crippen molar-refractivity contribution in [1.82, 2.24) is 13.9 Å². The molecule has 1 heterocycles. The number of hydrogen-bond donors (Lipinski definition) is 0. The number of benzene rings is 2. The molecule has 0 saturated carbocycles. The topological polar surface area (TPSA) is 73.7 Å². The predicted octanol–water partition coefficient (Wildman–Crippen LogP) is 3.62. The first-order valence-corrected chi connectivity index (χ1v) is 11.1. The molecule has 0 spiro atoms. The number of hydrogen-bond acceptors (Lipinski definition) is 5. The Morgan fingerprint density at radius 2 is 1.37 bits per heavy atom. The van der Waals surface area contributed by atoms with Gasteiger partial charge in [-0.05, 0) is 49.2 Å². The molecule has 8 heteroatoms. The smallest absolute Gasteiger partial charge is 0.262 e. The van der Waals surface area contributed by atoms with E-state index in [9.17, 15) is 8.42 Å². The van der Waals surface area contributed by atoms with Crippen molar-refractivity contribution >= 4 is 10.0 Å². The zero-order chi connectivity index (χ0) is 21.7. The van der Waals surface area contributed by atoms with E-state index in [1.807, 2.05) is 60.0 Å². The van der Waals surface area contributed by atoms with E-state index in [1.165, 1.54) is 4.31 Å². The van der Waals surface area contributed by atoms with Crippen LogP contribution in [0.1, 0.15) is 23.9 Å². The Bertz CT molecular complexity index is 1030. The number of ether oxygens (including phenoxy) is 2. The Labute approximate surface area is 177 Å². The zero-order valence-electron chi connectivity index (χ0n) is 17.7. The van der Waals surface area contributed by atoms with Gasteiger partial charge in [0.1, 0.15) is 17.3 Å². The molecule has 0 radical (unpaired) electrons. The van der Waals surface area contributed by atoms with E-state index in [0.29, 0.717) is 12.4 Å². The molecule has 0 aliphatic heterocycles. The van der Waals surface area contributed by atoms with Gasteiger partial charge >= 0.3 is 0 Å². The number of sulfonamides is 1. The number of aromatic nitrogens is 2. The maximum Gasteiger partial charge on any atom is 0.262 e. The van der Waals surface area contributed by atoms with Crippen molar-refractivity contribution in [2.75, 3.05) is 14.2 Å². The number of rotatable bonds is 9. The van der Waals surface area contributed by atoms with E-state index < -0.39 is 10.0 Å². The fourth-order valence-corrected chi connectivity index (χ4v) is 4.56. The number of methoxy groups -OCH3 is 2. The second-order valence-electron chi connectivity index (χ2n) is 6.88. The van der Waals surface area contributed by atoms with Gasteiger partial charge in [-0.1, -0.05) is 24.3 Å². The third kappa shape index (κ3) is 4.83. The highest BCUT2D eigenvalue weighted by Crippen LogP contribution is 2.23. The third-order valence-corrected chi connectivity index (χ3v) is 6.60. The third-order valence-electron chi connectivity index (χ3n) is 4.93. The van der Waals surface area contributed by atoms with Crippen LogP contribution in [0.3, 0.4) is 0 Å². The number of nitrogens with zero attached hydrogens (tertiary/aromatic N) is 3. The largest absolute Gasteiger partial charge is 0.497 e. The van der Waals surface area contributed by atoms with Crippen LogP contribution in [0.25, 0.3) is 0 Å². The fraction of sp³-hybridized carbons (Fsp3) is 0.318. The summed E-state index contributed by atoms with van der Waals surface area (Å²) in [6.07, 6.45) is 1.60. The predicted molar refractivity (Wildman–Crippen MR) is 115 cm³/mol. The SMILES string of the molecule is CCn1cc(S(=O)(=O)N(Cc2ccc(OC)cc2)Cc2ccc(OC)cc2)nc1C. The normalized spacial score (nSPS) is 11.6. The van der Waals surface area contributed by atoms with Crippen molar-refractivity contribution in [3.05, 3.63) is 71.7 Å². The van der Waals surface area contributed by atoms with E-state index in [4.69, 9.17) is 9.47 Å². The molecule has 0 bridgehead atoms. The van der Waals surface area contributed by atoms with E-state index in [-0.39, 0.29) is 18.1 Å². The maximum atomic E-state index is 13.5. The van der Waals surface area contributed by atoms with E-state index in [1.54, 1.807) is 27.3 Å². The molecular weight excluding hydrogens is 402 g/mol. The van der Waals surface area contributed by atoms with Crippen LogP contribution in [0.15, 0.2) is 59.8 Å². The average molecular weight is 430 g/mol. The maximum absolute atomic E-state index is 13.5. The molecule has 160 valence electrons. The molecule has 0 aliphatic rings. The van der Waals surface area contributed by atoms with Crippen LogP contribution in [-0.4, -0.2) is 36.5 Å². The minimum Gasteiger partial charge on any atom is -0.497 e. The summed E-state index contributed by atoms with van der Waals surface area (Å²) in [5.41, 5.74) is 1.72. The molecule has 0 saturated heterocycles. The van der Waals surface area contributed by atoms with Gasteiger partial charge in [0.05, 0.1) is 14.2 Å². The van der Waals surface area contributed by atoms with Gasteiger partial charge in [-0.15, -0.1) is 0 Å². The Morgan fingerprint density at radius 1 is 0.900 bits per heavy atom. The minimum atomic E-state index is -3.80. The molecule has 0 fully saturated rings. The van der Waals surface area contributed by atoms with Crippen LogP contribution >= 0.6 is 0 Å². The van der Waals surface area contributed by atoms with E-state index in [2.05, 4.69) is 4.98 Å². The lowest BCUT2D eigenvalue weighted by atomic mass is 10.2. The summed E-state index contributed by atoms with van der Waals surface area (Å²) in [5, 5.41) is 0.0591. The molecule has 0 aliphatic carbocycles.